The minimum atomic E-state index is 0.370. The molecule has 1 aromatic heterocycles. The van der Waals surface area contributed by atoms with Crippen molar-refractivity contribution in [2.45, 2.75) is 6.42 Å². The van der Waals surface area contributed by atoms with Gasteiger partial charge in [0.2, 0.25) is 0 Å². The summed E-state index contributed by atoms with van der Waals surface area (Å²) >= 11 is 6.24. The molecule has 2 heterocycles. The Hall–Kier alpha value is -2.85. The Labute approximate surface area is 194 Å². The van der Waals surface area contributed by atoms with Crippen LogP contribution in [-0.2, 0) is 0 Å². The number of fused-ring (bicyclic) bond motifs is 1. The lowest BCUT2D eigenvalue weighted by Crippen LogP contribution is -2.44. The van der Waals surface area contributed by atoms with Crippen molar-refractivity contribution in [3.63, 3.8) is 0 Å². The number of rotatable bonds is 7. The van der Waals surface area contributed by atoms with Crippen LogP contribution in [-0.4, -0.2) is 68.2 Å². The average Bonchev–Trinajstić information content (AvgIpc) is 2.82. The summed E-state index contributed by atoms with van der Waals surface area (Å²) in [5, 5.41) is 15.9. The highest BCUT2D eigenvalue weighted by atomic mass is 35.5. The number of piperazine rings is 1. The maximum absolute atomic E-state index is 9.91. The number of anilines is 1. The number of hydrogen-bond donors (Lipinski definition) is 1. The van der Waals surface area contributed by atoms with Gasteiger partial charge in [-0.1, -0.05) is 23.7 Å². The third-order valence-electron chi connectivity index (χ3n) is 5.97. The summed E-state index contributed by atoms with van der Waals surface area (Å²) in [5.74, 6) is 1.46. The molecule has 0 radical (unpaired) electrons. The number of hydrogen-bond acceptors (Lipinski definition) is 6. The van der Waals surface area contributed by atoms with Gasteiger partial charge in [-0.3, -0.25) is 0 Å². The molecule has 0 spiro atoms. The molecule has 0 atom stereocenters. The number of methoxy groups -OCH3 is 1. The van der Waals surface area contributed by atoms with Crippen molar-refractivity contribution in [1.29, 1.82) is 5.26 Å². The number of likely N-dealkylation sites (N-methyl/N-ethyl adjacent to an activating group) is 1. The lowest BCUT2D eigenvalue weighted by atomic mass is 9.97. The summed E-state index contributed by atoms with van der Waals surface area (Å²) < 4.78 is 5.46. The zero-order chi connectivity index (χ0) is 22.5. The molecule has 0 bridgehead atoms. The highest BCUT2D eigenvalue weighted by molar-refractivity contribution is 6.31. The Morgan fingerprint density at radius 1 is 1.12 bits per heavy atom. The highest BCUT2D eigenvalue weighted by Gasteiger charge is 2.17. The molecule has 1 fully saturated rings. The maximum Gasteiger partial charge on any atom is 0.151 e. The highest BCUT2D eigenvalue weighted by Crippen LogP contribution is 2.37. The first kappa shape index (κ1) is 22.3. The van der Waals surface area contributed by atoms with Gasteiger partial charge in [-0.05, 0) is 61.3 Å². The predicted octanol–water partition coefficient (Wildman–Crippen LogP) is 4.48. The molecule has 1 aliphatic rings. The lowest BCUT2D eigenvalue weighted by Gasteiger charge is -2.32. The van der Waals surface area contributed by atoms with Crippen molar-refractivity contribution in [2.75, 3.05) is 58.7 Å². The molecule has 1 saturated heterocycles. The Bertz CT molecular complexity index is 1140. The SMILES string of the molecule is COc1ccc2c(NCCCN3CCN(C)CC3)nc(C#N)c(-c3cccc(Cl)c3)c2c1. The molecule has 1 N–H and O–H groups in total. The van der Waals surface area contributed by atoms with Gasteiger partial charge >= 0.3 is 0 Å². The average molecular weight is 450 g/mol. The first-order valence-corrected chi connectivity index (χ1v) is 11.3. The molecule has 1 aliphatic heterocycles. The Morgan fingerprint density at radius 3 is 2.66 bits per heavy atom. The molecule has 6 nitrogen and oxygen atoms in total. The zero-order valence-electron chi connectivity index (χ0n) is 18.6. The van der Waals surface area contributed by atoms with Gasteiger partial charge in [0.15, 0.2) is 5.69 Å². The molecule has 0 saturated carbocycles. The standard InChI is InChI=1S/C25H28ClN5O/c1-30-11-13-31(14-12-30)10-4-9-28-25-21-8-7-20(32-2)16-22(21)24(23(17-27)29-25)18-5-3-6-19(26)15-18/h3,5-8,15-16H,4,9-14H2,1-2H3,(H,28,29). The molecule has 32 heavy (non-hydrogen) atoms. The van der Waals surface area contributed by atoms with Crippen LogP contribution in [0.2, 0.25) is 5.02 Å². The van der Waals surface area contributed by atoms with Gasteiger partial charge in [-0.15, -0.1) is 0 Å². The predicted molar refractivity (Wildman–Crippen MR) is 130 cm³/mol. The zero-order valence-corrected chi connectivity index (χ0v) is 19.3. The van der Waals surface area contributed by atoms with Crippen molar-refractivity contribution in [3.05, 3.63) is 53.2 Å². The van der Waals surface area contributed by atoms with Crippen molar-refractivity contribution in [2.24, 2.45) is 0 Å². The summed E-state index contributed by atoms with van der Waals surface area (Å²) in [6.07, 6.45) is 1.01. The van der Waals surface area contributed by atoms with Crippen LogP contribution in [0.3, 0.4) is 0 Å². The largest absolute Gasteiger partial charge is 0.497 e. The van der Waals surface area contributed by atoms with E-state index in [4.69, 9.17) is 21.3 Å². The molecule has 166 valence electrons. The summed E-state index contributed by atoms with van der Waals surface area (Å²) in [6.45, 7) is 6.32. The van der Waals surface area contributed by atoms with Crippen LogP contribution < -0.4 is 10.1 Å². The number of nitrogens with one attached hydrogen (secondary N) is 1. The summed E-state index contributed by atoms with van der Waals surface area (Å²) in [7, 11) is 3.81. The molecule has 0 amide bonds. The van der Waals surface area contributed by atoms with Crippen LogP contribution >= 0.6 is 11.6 Å². The molecule has 3 aromatic rings. The van der Waals surface area contributed by atoms with Crippen molar-refractivity contribution in [1.82, 2.24) is 14.8 Å². The quantitative estimate of drug-likeness (QED) is 0.536. The molecular formula is C25H28ClN5O. The molecule has 0 aliphatic carbocycles. The fourth-order valence-corrected chi connectivity index (χ4v) is 4.34. The molecule has 4 rings (SSSR count). The van der Waals surface area contributed by atoms with Gasteiger partial charge in [-0.25, -0.2) is 4.98 Å². The first-order valence-electron chi connectivity index (χ1n) is 10.9. The number of aromatic nitrogens is 1. The normalized spacial score (nSPS) is 14.9. The van der Waals surface area contributed by atoms with Gasteiger partial charge < -0.3 is 19.9 Å². The Balaban J connectivity index is 1.62. The number of nitriles is 1. The minimum absolute atomic E-state index is 0.370. The minimum Gasteiger partial charge on any atom is -0.497 e. The van der Waals surface area contributed by atoms with Crippen LogP contribution in [0.25, 0.3) is 21.9 Å². The third kappa shape index (κ3) is 4.97. The fraction of sp³-hybridized carbons (Fsp3) is 0.360. The number of nitrogens with zero attached hydrogens (tertiary/aromatic N) is 4. The van der Waals surface area contributed by atoms with E-state index in [0.717, 1.165) is 79.2 Å². The van der Waals surface area contributed by atoms with Gasteiger partial charge in [0.25, 0.3) is 0 Å². The van der Waals surface area contributed by atoms with E-state index in [1.54, 1.807) is 7.11 Å². The van der Waals surface area contributed by atoms with Crippen LogP contribution in [0.15, 0.2) is 42.5 Å². The maximum atomic E-state index is 9.91. The van der Waals surface area contributed by atoms with E-state index < -0.39 is 0 Å². The van der Waals surface area contributed by atoms with Crippen LogP contribution in [0.1, 0.15) is 12.1 Å². The first-order chi connectivity index (χ1) is 15.6. The molecule has 0 unspecified atom stereocenters. The second-order valence-corrected chi connectivity index (χ2v) is 8.58. The fourth-order valence-electron chi connectivity index (χ4n) is 4.15. The molecular weight excluding hydrogens is 422 g/mol. The topological polar surface area (TPSA) is 64.4 Å². The van der Waals surface area contributed by atoms with Gasteiger partial charge in [0, 0.05) is 48.7 Å². The van der Waals surface area contributed by atoms with Gasteiger partial charge in [-0.2, -0.15) is 5.26 Å². The van der Waals surface area contributed by atoms with Crippen LogP contribution in [0.5, 0.6) is 5.75 Å². The number of benzene rings is 2. The van der Waals surface area contributed by atoms with E-state index in [0.29, 0.717) is 10.7 Å². The van der Waals surface area contributed by atoms with Crippen molar-refractivity contribution in [3.8, 4) is 22.9 Å². The van der Waals surface area contributed by atoms with E-state index in [-0.39, 0.29) is 0 Å². The lowest BCUT2D eigenvalue weighted by molar-refractivity contribution is 0.154. The monoisotopic (exact) mass is 449 g/mol. The summed E-state index contributed by atoms with van der Waals surface area (Å²) in [4.78, 5) is 9.56. The summed E-state index contributed by atoms with van der Waals surface area (Å²) in [5.41, 5.74) is 2.00. The van der Waals surface area contributed by atoms with E-state index in [9.17, 15) is 5.26 Å². The van der Waals surface area contributed by atoms with E-state index >= 15 is 0 Å². The van der Waals surface area contributed by atoms with Crippen LogP contribution in [0.4, 0.5) is 5.82 Å². The van der Waals surface area contributed by atoms with E-state index in [2.05, 4.69) is 28.2 Å². The van der Waals surface area contributed by atoms with Gasteiger partial charge in [0.05, 0.1) is 7.11 Å². The molecule has 7 heteroatoms. The third-order valence-corrected chi connectivity index (χ3v) is 6.21. The van der Waals surface area contributed by atoms with Gasteiger partial charge in [0.1, 0.15) is 17.6 Å². The van der Waals surface area contributed by atoms with Crippen LogP contribution in [0, 0.1) is 11.3 Å². The Morgan fingerprint density at radius 2 is 1.94 bits per heavy atom. The second-order valence-electron chi connectivity index (χ2n) is 8.14. The van der Waals surface area contributed by atoms with Crippen molar-refractivity contribution >= 4 is 28.2 Å². The number of ether oxygens (including phenoxy) is 1. The van der Waals surface area contributed by atoms with E-state index in [1.807, 2.05) is 42.5 Å². The smallest absolute Gasteiger partial charge is 0.151 e. The van der Waals surface area contributed by atoms with Crippen molar-refractivity contribution < 1.29 is 4.74 Å². The number of halogens is 1. The second kappa shape index (κ2) is 10.2. The number of pyridine rings is 1. The Kier molecular flexibility index (Phi) is 7.11. The molecule has 2 aromatic carbocycles. The summed E-state index contributed by atoms with van der Waals surface area (Å²) in [6, 6.07) is 15.7. The van der Waals surface area contributed by atoms with E-state index in [1.165, 1.54) is 0 Å².